The summed E-state index contributed by atoms with van der Waals surface area (Å²) >= 11 is 1.06. The van der Waals surface area contributed by atoms with Crippen molar-refractivity contribution in [3.63, 3.8) is 0 Å². The van der Waals surface area contributed by atoms with Crippen LogP contribution in [0.3, 0.4) is 0 Å². The van der Waals surface area contributed by atoms with E-state index in [1.165, 1.54) is 0 Å². The molecule has 9 heteroatoms. The van der Waals surface area contributed by atoms with Crippen molar-refractivity contribution in [3.8, 4) is 6.07 Å². The van der Waals surface area contributed by atoms with Crippen molar-refractivity contribution in [2.45, 2.75) is 51.2 Å². The number of carbonyl (C=O) groups is 2. The number of aromatic nitrogens is 2. The largest absolute Gasteiger partial charge is 0.331 e. The van der Waals surface area contributed by atoms with Crippen LogP contribution < -0.4 is 11.1 Å². The van der Waals surface area contributed by atoms with Crippen LogP contribution in [0.4, 0.5) is 5.69 Å². The number of nitrogens with two attached hydrogens (primary N) is 1. The van der Waals surface area contributed by atoms with Crippen molar-refractivity contribution in [2.24, 2.45) is 5.73 Å². The molecular weight excluding hydrogens is 448 g/mol. The Bertz CT molecular complexity index is 1210. The SMILES string of the molecule is Cc1nnsc1C(=O)Nc1cccc(CN(C(=O)c2ccc(C#N)cc2)C2CCC(N)CC2)c1. The lowest BCUT2D eigenvalue weighted by Gasteiger charge is -2.36. The molecule has 0 radical (unpaired) electrons. The molecule has 1 fully saturated rings. The fourth-order valence-electron chi connectivity index (χ4n) is 4.20. The maximum atomic E-state index is 13.5. The highest BCUT2D eigenvalue weighted by Gasteiger charge is 2.28. The molecule has 4 rings (SSSR count). The van der Waals surface area contributed by atoms with Crippen molar-refractivity contribution >= 4 is 29.0 Å². The molecule has 1 aliphatic carbocycles. The van der Waals surface area contributed by atoms with Crippen molar-refractivity contribution in [3.05, 3.63) is 75.8 Å². The third-order valence-electron chi connectivity index (χ3n) is 6.10. The van der Waals surface area contributed by atoms with E-state index in [2.05, 4.69) is 21.0 Å². The van der Waals surface area contributed by atoms with Crippen molar-refractivity contribution in [1.82, 2.24) is 14.5 Å². The summed E-state index contributed by atoms with van der Waals surface area (Å²) in [7, 11) is 0. The Morgan fingerprint density at radius 1 is 1.18 bits per heavy atom. The monoisotopic (exact) mass is 474 g/mol. The van der Waals surface area contributed by atoms with E-state index in [0.29, 0.717) is 33.9 Å². The molecule has 3 N–H and O–H groups in total. The van der Waals surface area contributed by atoms with Crippen LogP contribution >= 0.6 is 11.5 Å². The summed E-state index contributed by atoms with van der Waals surface area (Å²) in [4.78, 5) is 28.5. The Morgan fingerprint density at radius 2 is 1.91 bits per heavy atom. The highest BCUT2D eigenvalue weighted by Crippen LogP contribution is 2.26. The molecule has 2 aromatic carbocycles. The summed E-state index contributed by atoms with van der Waals surface area (Å²) in [5.41, 5.74) is 9.31. The minimum Gasteiger partial charge on any atom is -0.331 e. The maximum Gasteiger partial charge on any atom is 0.269 e. The predicted octanol–water partition coefficient (Wildman–Crippen LogP) is 3.88. The van der Waals surface area contributed by atoms with E-state index in [0.717, 1.165) is 42.8 Å². The van der Waals surface area contributed by atoms with E-state index in [1.54, 1.807) is 31.2 Å². The molecule has 0 bridgehead atoms. The molecule has 0 spiro atoms. The van der Waals surface area contributed by atoms with Gasteiger partial charge in [-0.1, -0.05) is 16.6 Å². The summed E-state index contributed by atoms with van der Waals surface area (Å²) < 4.78 is 3.82. The summed E-state index contributed by atoms with van der Waals surface area (Å²) in [5, 5.41) is 15.9. The van der Waals surface area contributed by atoms with Crippen molar-refractivity contribution in [1.29, 1.82) is 5.26 Å². The van der Waals surface area contributed by atoms with Crippen LogP contribution in [0.25, 0.3) is 0 Å². The van der Waals surface area contributed by atoms with E-state index >= 15 is 0 Å². The summed E-state index contributed by atoms with van der Waals surface area (Å²) in [6, 6.07) is 16.6. The second-order valence-corrected chi connectivity index (χ2v) is 9.29. The van der Waals surface area contributed by atoms with Gasteiger partial charge in [-0.15, -0.1) is 5.10 Å². The zero-order valence-corrected chi connectivity index (χ0v) is 19.7. The van der Waals surface area contributed by atoms with E-state index in [-0.39, 0.29) is 23.9 Å². The predicted molar refractivity (Wildman–Crippen MR) is 130 cm³/mol. The van der Waals surface area contributed by atoms with E-state index in [9.17, 15) is 9.59 Å². The van der Waals surface area contributed by atoms with Gasteiger partial charge in [-0.25, -0.2) is 0 Å². The van der Waals surface area contributed by atoms with Crippen molar-refractivity contribution in [2.75, 3.05) is 5.32 Å². The molecule has 1 heterocycles. The Labute approximate surface area is 202 Å². The normalized spacial score (nSPS) is 17.6. The Morgan fingerprint density at radius 3 is 2.56 bits per heavy atom. The van der Waals surface area contributed by atoms with Gasteiger partial charge in [-0.3, -0.25) is 9.59 Å². The van der Waals surface area contributed by atoms with Gasteiger partial charge in [0.15, 0.2) is 0 Å². The number of aryl methyl sites for hydroxylation is 1. The number of nitrogens with zero attached hydrogens (tertiary/aromatic N) is 4. The highest BCUT2D eigenvalue weighted by molar-refractivity contribution is 7.08. The lowest BCUT2D eigenvalue weighted by Crippen LogP contribution is -2.43. The van der Waals surface area contributed by atoms with Crippen LogP contribution in [-0.2, 0) is 6.54 Å². The molecule has 0 saturated heterocycles. The first-order valence-corrected chi connectivity index (χ1v) is 12.0. The summed E-state index contributed by atoms with van der Waals surface area (Å²) in [6.45, 7) is 2.15. The zero-order chi connectivity index (χ0) is 24.1. The van der Waals surface area contributed by atoms with Crippen LogP contribution in [0.15, 0.2) is 48.5 Å². The van der Waals surface area contributed by atoms with Gasteiger partial charge < -0.3 is 16.0 Å². The second-order valence-electron chi connectivity index (χ2n) is 8.53. The number of benzene rings is 2. The van der Waals surface area contributed by atoms with Crippen LogP contribution in [0.2, 0.25) is 0 Å². The topological polar surface area (TPSA) is 125 Å². The fourth-order valence-corrected chi connectivity index (χ4v) is 4.76. The zero-order valence-electron chi connectivity index (χ0n) is 18.9. The van der Waals surface area contributed by atoms with E-state index in [1.807, 2.05) is 29.2 Å². The molecule has 2 amide bonds. The second kappa shape index (κ2) is 10.5. The summed E-state index contributed by atoms with van der Waals surface area (Å²) in [5.74, 6) is -0.331. The minimum absolute atomic E-state index is 0.0760. The molecule has 3 aromatic rings. The molecule has 174 valence electrons. The molecule has 1 saturated carbocycles. The molecular formula is C25H26N6O2S. The van der Waals surface area contributed by atoms with Crippen LogP contribution in [0, 0.1) is 18.3 Å². The Balaban J connectivity index is 1.55. The van der Waals surface area contributed by atoms with Gasteiger partial charge >= 0.3 is 0 Å². The number of rotatable bonds is 6. The molecule has 34 heavy (non-hydrogen) atoms. The average Bonchev–Trinajstić information content (AvgIpc) is 3.29. The third-order valence-corrected chi connectivity index (χ3v) is 6.93. The number of carbonyl (C=O) groups excluding carboxylic acids is 2. The first-order chi connectivity index (χ1) is 16.4. The molecule has 8 nitrogen and oxygen atoms in total. The van der Waals surface area contributed by atoms with Gasteiger partial charge in [0.05, 0.1) is 17.3 Å². The molecule has 1 aliphatic rings. The van der Waals surface area contributed by atoms with E-state index < -0.39 is 0 Å². The van der Waals surface area contributed by atoms with Gasteiger partial charge in [0, 0.05) is 29.9 Å². The quantitative estimate of drug-likeness (QED) is 0.558. The van der Waals surface area contributed by atoms with Gasteiger partial charge in [-0.2, -0.15) is 5.26 Å². The molecule has 0 unspecified atom stereocenters. The van der Waals surface area contributed by atoms with E-state index in [4.69, 9.17) is 11.0 Å². The number of nitriles is 1. The van der Waals surface area contributed by atoms with Gasteiger partial charge in [0.2, 0.25) is 0 Å². The van der Waals surface area contributed by atoms with Crippen molar-refractivity contribution < 1.29 is 9.59 Å². The summed E-state index contributed by atoms with van der Waals surface area (Å²) in [6.07, 6.45) is 3.44. The number of anilines is 1. The Hall–Kier alpha value is -3.61. The average molecular weight is 475 g/mol. The number of nitrogens with one attached hydrogen (secondary N) is 1. The van der Waals surface area contributed by atoms with Gasteiger partial charge in [0.25, 0.3) is 11.8 Å². The molecule has 0 aliphatic heterocycles. The maximum absolute atomic E-state index is 13.5. The fraction of sp³-hybridized carbons (Fsp3) is 0.320. The standard InChI is InChI=1S/C25H26N6O2S/c1-16-23(34-30-29-16)24(32)28-21-4-2-3-18(13-21)15-31(22-11-9-20(27)10-12-22)25(33)19-7-5-17(14-26)6-8-19/h2-8,13,20,22H,9-12,15,27H2,1H3,(H,28,32). The molecule has 1 aromatic heterocycles. The first-order valence-electron chi connectivity index (χ1n) is 11.2. The van der Waals surface area contributed by atoms with Crippen LogP contribution in [0.1, 0.15) is 62.5 Å². The number of hydrogen-bond acceptors (Lipinski definition) is 7. The minimum atomic E-state index is -0.253. The van der Waals surface area contributed by atoms with Crippen LogP contribution in [-0.4, -0.2) is 38.4 Å². The Kier molecular flexibility index (Phi) is 7.30. The lowest BCUT2D eigenvalue weighted by molar-refractivity contribution is 0.0606. The van der Waals surface area contributed by atoms with Gasteiger partial charge in [-0.05, 0) is 86.1 Å². The number of amides is 2. The first kappa shape index (κ1) is 23.5. The number of hydrogen-bond donors (Lipinski definition) is 2. The van der Waals surface area contributed by atoms with Crippen LogP contribution in [0.5, 0.6) is 0 Å². The highest BCUT2D eigenvalue weighted by atomic mass is 32.1. The lowest BCUT2D eigenvalue weighted by atomic mass is 9.90. The smallest absolute Gasteiger partial charge is 0.269 e. The van der Waals surface area contributed by atoms with Gasteiger partial charge in [0.1, 0.15) is 4.88 Å². The molecule has 0 atom stereocenters. The third kappa shape index (κ3) is 5.47.